The van der Waals surface area contributed by atoms with Gasteiger partial charge in [-0.2, -0.15) is 18.2 Å². The number of halogens is 4. The molecule has 0 aliphatic carbocycles. The van der Waals surface area contributed by atoms with Crippen molar-refractivity contribution in [1.29, 1.82) is 0 Å². The molecule has 2 aliphatic heterocycles. The molecule has 41 heavy (non-hydrogen) atoms. The summed E-state index contributed by atoms with van der Waals surface area (Å²) in [6.45, 7) is 1.82. The monoisotopic (exact) mass is 574 g/mol. The van der Waals surface area contributed by atoms with Crippen molar-refractivity contribution in [1.82, 2.24) is 25.5 Å². The van der Waals surface area contributed by atoms with Gasteiger partial charge in [-0.05, 0) is 50.7 Å². The number of likely N-dealkylation sites (tertiary alicyclic amines) is 1. The quantitative estimate of drug-likeness (QED) is 0.359. The van der Waals surface area contributed by atoms with Crippen molar-refractivity contribution in [2.45, 2.75) is 31.6 Å². The van der Waals surface area contributed by atoms with Crippen LogP contribution in [0, 0.1) is 5.82 Å². The number of nitrogens with one attached hydrogen (secondary N) is 3. The topological polar surface area (TPSA) is 118 Å². The normalized spacial score (nSPS) is 15.7. The Morgan fingerprint density at radius 1 is 1.17 bits per heavy atom. The third-order valence-corrected chi connectivity index (χ3v) is 6.88. The number of rotatable bonds is 7. The van der Waals surface area contributed by atoms with Gasteiger partial charge in [0.05, 0.1) is 23.9 Å². The Morgan fingerprint density at radius 3 is 2.63 bits per heavy atom. The van der Waals surface area contributed by atoms with Gasteiger partial charge in [-0.25, -0.2) is 9.37 Å². The number of nitrogens with zero attached hydrogens (tertiary/aromatic N) is 3. The lowest BCUT2D eigenvalue weighted by atomic mass is 10.0. The van der Waals surface area contributed by atoms with Crippen molar-refractivity contribution in [2.24, 2.45) is 0 Å². The van der Waals surface area contributed by atoms with Crippen molar-refractivity contribution >= 4 is 23.5 Å². The molecule has 0 spiro atoms. The van der Waals surface area contributed by atoms with Gasteiger partial charge in [-0.15, -0.1) is 0 Å². The molecule has 0 bridgehead atoms. The third-order valence-electron chi connectivity index (χ3n) is 6.88. The van der Waals surface area contributed by atoms with E-state index in [4.69, 9.17) is 9.47 Å². The van der Waals surface area contributed by atoms with Crippen LogP contribution >= 0.6 is 0 Å². The lowest BCUT2D eigenvalue weighted by molar-refractivity contribution is -0.139. The standard InChI is InChI=1S/C27H26F4N6O4/c1-37-8-6-15(7-9-37)34-23(38)16-10-21(40-2)19(11-18(16)28)35-26-33-13-17(27(29,30)31)25(36-26)41-20-5-3-4-14-12-32-24(39)22(14)20/h3-5,10-11,13,15H,6-9,12H2,1-2H3,(H,32,39)(H,34,38)(H,33,35,36). The first-order chi connectivity index (χ1) is 19.5. The highest BCUT2D eigenvalue weighted by Gasteiger charge is 2.37. The van der Waals surface area contributed by atoms with E-state index in [2.05, 4.69) is 30.8 Å². The van der Waals surface area contributed by atoms with Gasteiger partial charge in [0, 0.05) is 24.8 Å². The molecule has 10 nitrogen and oxygen atoms in total. The predicted molar refractivity (Wildman–Crippen MR) is 139 cm³/mol. The van der Waals surface area contributed by atoms with Crippen LogP contribution in [-0.2, 0) is 12.7 Å². The number of carbonyl (C=O) groups is 2. The Morgan fingerprint density at radius 2 is 1.93 bits per heavy atom. The number of hydrogen-bond donors (Lipinski definition) is 3. The number of methoxy groups -OCH3 is 1. The minimum Gasteiger partial charge on any atom is -0.495 e. The number of aromatic nitrogens is 2. The van der Waals surface area contributed by atoms with Gasteiger partial charge in [0.25, 0.3) is 11.8 Å². The zero-order valence-corrected chi connectivity index (χ0v) is 22.1. The first-order valence-electron chi connectivity index (χ1n) is 12.7. The van der Waals surface area contributed by atoms with Crippen LogP contribution in [0.5, 0.6) is 17.4 Å². The SMILES string of the molecule is COc1cc(C(=O)NC2CCN(C)CC2)c(F)cc1Nc1ncc(C(F)(F)F)c(Oc2cccc3c2C(=O)NC3)n1. The Balaban J connectivity index is 1.42. The van der Waals surface area contributed by atoms with E-state index in [1.807, 2.05) is 7.05 Å². The summed E-state index contributed by atoms with van der Waals surface area (Å²) in [5.41, 5.74) is -0.898. The van der Waals surface area contributed by atoms with Gasteiger partial charge in [-0.3, -0.25) is 9.59 Å². The Kier molecular flexibility index (Phi) is 7.67. The summed E-state index contributed by atoms with van der Waals surface area (Å²) in [6.07, 6.45) is -2.90. The summed E-state index contributed by atoms with van der Waals surface area (Å²) in [4.78, 5) is 34.7. The Hall–Kier alpha value is -4.46. The van der Waals surface area contributed by atoms with Gasteiger partial charge < -0.3 is 30.3 Å². The van der Waals surface area contributed by atoms with E-state index in [-0.39, 0.29) is 46.8 Å². The highest BCUT2D eigenvalue weighted by atomic mass is 19.4. The molecule has 5 rings (SSSR count). The number of piperidine rings is 1. The molecule has 0 unspecified atom stereocenters. The molecule has 1 fully saturated rings. The number of hydrogen-bond acceptors (Lipinski definition) is 8. The number of anilines is 2. The minimum atomic E-state index is -4.87. The molecular weight excluding hydrogens is 548 g/mol. The average molecular weight is 575 g/mol. The highest BCUT2D eigenvalue weighted by molar-refractivity contribution is 6.01. The first kappa shape index (κ1) is 28.1. The van der Waals surface area contributed by atoms with E-state index in [0.717, 1.165) is 32.0 Å². The Labute approximate surface area is 232 Å². The van der Waals surface area contributed by atoms with Crippen LogP contribution in [-0.4, -0.2) is 60.0 Å². The summed E-state index contributed by atoms with van der Waals surface area (Å²) in [5, 5.41) is 8.05. The van der Waals surface area contributed by atoms with E-state index in [1.54, 1.807) is 12.1 Å². The summed E-state index contributed by atoms with van der Waals surface area (Å²) in [7, 11) is 3.27. The molecule has 2 amide bonds. The average Bonchev–Trinajstić information content (AvgIpc) is 3.31. The first-order valence-corrected chi connectivity index (χ1v) is 12.7. The van der Waals surface area contributed by atoms with Crippen LogP contribution in [0.25, 0.3) is 0 Å². The summed E-state index contributed by atoms with van der Waals surface area (Å²) in [5.74, 6) is -3.30. The molecule has 1 saturated heterocycles. The van der Waals surface area contributed by atoms with Crippen LogP contribution in [0.3, 0.4) is 0 Å². The number of ether oxygens (including phenoxy) is 2. The zero-order chi connectivity index (χ0) is 29.3. The van der Waals surface area contributed by atoms with E-state index in [9.17, 15) is 22.8 Å². The zero-order valence-electron chi connectivity index (χ0n) is 22.1. The van der Waals surface area contributed by atoms with Crippen LogP contribution in [0.1, 0.15) is 44.7 Å². The molecule has 0 saturated carbocycles. The fourth-order valence-corrected chi connectivity index (χ4v) is 4.66. The molecule has 3 N–H and O–H groups in total. The van der Waals surface area contributed by atoms with Crippen LogP contribution in [0.2, 0.25) is 0 Å². The molecule has 216 valence electrons. The van der Waals surface area contributed by atoms with E-state index >= 15 is 4.39 Å². The van der Waals surface area contributed by atoms with Gasteiger partial charge in [0.2, 0.25) is 11.8 Å². The second kappa shape index (κ2) is 11.2. The van der Waals surface area contributed by atoms with Crippen LogP contribution in [0.4, 0.5) is 29.2 Å². The van der Waals surface area contributed by atoms with E-state index in [1.165, 1.54) is 19.2 Å². The lowest BCUT2D eigenvalue weighted by Crippen LogP contribution is -2.43. The van der Waals surface area contributed by atoms with Crippen LogP contribution in [0.15, 0.2) is 36.5 Å². The number of fused-ring (bicyclic) bond motifs is 1. The maximum atomic E-state index is 15.1. The highest BCUT2D eigenvalue weighted by Crippen LogP contribution is 2.39. The maximum Gasteiger partial charge on any atom is 0.423 e. The molecule has 0 radical (unpaired) electrons. The number of carbonyl (C=O) groups excluding carboxylic acids is 2. The van der Waals surface area contributed by atoms with Crippen molar-refractivity contribution < 1.29 is 36.6 Å². The van der Waals surface area contributed by atoms with Crippen LogP contribution < -0.4 is 25.4 Å². The van der Waals surface area contributed by atoms with Crippen molar-refractivity contribution in [3.05, 3.63) is 64.6 Å². The molecule has 0 atom stereocenters. The molecule has 1 aromatic heterocycles. The van der Waals surface area contributed by atoms with Gasteiger partial charge >= 0.3 is 6.18 Å². The summed E-state index contributed by atoms with van der Waals surface area (Å²) in [6, 6.07) is 6.61. The largest absolute Gasteiger partial charge is 0.495 e. The minimum absolute atomic E-state index is 0.0310. The molecular formula is C27H26F4N6O4. The fourth-order valence-electron chi connectivity index (χ4n) is 4.66. The second-order valence-corrected chi connectivity index (χ2v) is 9.69. The molecule has 3 aromatic rings. The summed E-state index contributed by atoms with van der Waals surface area (Å²) >= 11 is 0. The fraction of sp³-hybridized carbons (Fsp3) is 0.333. The van der Waals surface area contributed by atoms with Gasteiger partial charge in [0.1, 0.15) is 22.9 Å². The molecule has 14 heteroatoms. The van der Waals surface area contributed by atoms with E-state index < -0.39 is 35.3 Å². The number of alkyl halides is 3. The second-order valence-electron chi connectivity index (χ2n) is 9.69. The number of amides is 2. The van der Waals surface area contributed by atoms with Gasteiger partial charge in [-0.1, -0.05) is 12.1 Å². The summed E-state index contributed by atoms with van der Waals surface area (Å²) < 4.78 is 67.2. The number of benzene rings is 2. The van der Waals surface area contributed by atoms with Gasteiger partial charge in [0.15, 0.2) is 0 Å². The maximum absolute atomic E-state index is 15.1. The van der Waals surface area contributed by atoms with Crippen molar-refractivity contribution in [3.63, 3.8) is 0 Å². The molecule has 2 aromatic carbocycles. The molecule has 2 aliphatic rings. The van der Waals surface area contributed by atoms with Crippen molar-refractivity contribution in [3.8, 4) is 17.4 Å². The smallest absolute Gasteiger partial charge is 0.423 e. The predicted octanol–water partition coefficient (Wildman–Crippen LogP) is 4.25. The third kappa shape index (κ3) is 6.01. The Bertz CT molecular complexity index is 1490. The lowest BCUT2D eigenvalue weighted by Gasteiger charge is -2.29. The van der Waals surface area contributed by atoms with Crippen molar-refractivity contribution in [2.75, 3.05) is 32.6 Å². The van der Waals surface area contributed by atoms with E-state index in [0.29, 0.717) is 11.8 Å². The molecule has 3 heterocycles.